The van der Waals surface area contributed by atoms with Gasteiger partial charge < -0.3 is 19.5 Å². The first-order valence-electron chi connectivity index (χ1n) is 9.26. The minimum atomic E-state index is -0.746. The first-order valence-corrected chi connectivity index (χ1v) is 9.26. The molecule has 9 nitrogen and oxygen atoms in total. The number of carbonyl (C=O) groups excluding carboxylic acids is 1. The number of fused-ring (bicyclic) bond motifs is 1. The third kappa shape index (κ3) is 2.89. The first-order chi connectivity index (χ1) is 14.0. The molecule has 0 spiro atoms. The van der Waals surface area contributed by atoms with Crippen LogP contribution in [-0.4, -0.2) is 36.3 Å². The number of aromatic nitrogens is 2. The van der Waals surface area contributed by atoms with Gasteiger partial charge in [-0.05, 0) is 12.5 Å². The van der Waals surface area contributed by atoms with E-state index in [9.17, 15) is 14.4 Å². The zero-order valence-corrected chi connectivity index (χ0v) is 16.3. The van der Waals surface area contributed by atoms with Crippen LogP contribution in [0.15, 0.2) is 39.1 Å². The lowest BCUT2D eigenvalue weighted by Gasteiger charge is -2.29. The van der Waals surface area contributed by atoms with E-state index >= 15 is 0 Å². The van der Waals surface area contributed by atoms with Gasteiger partial charge >= 0.3 is 11.7 Å². The molecule has 1 atom stereocenters. The number of H-pyrrole nitrogens is 1. The third-order valence-electron chi connectivity index (χ3n) is 5.17. The second-order valence-electron chi connectivity index (χ2n) is 6.81. The van der Waals surface area contributed by atoms with Gasteiger partial charge in [0.25, 0.3) is 5.56 Å². The maximum atomic E-state index is 12.9. The second kappa shape index (κ2) is 7.16. The predicted molar refractivity (Wildman–Crippen MR) is 105 cm³/mol. The average molecular weight is 399 g/mol. The van der Waals surface area contributed by atoms with Crippen LogP contribution in [0.1, 0.15) is 30.4 Å². The Bertz CT molecular complexity index is 1140. The topological polar surface area (TPSA) is 112 Å². The number of nitrogens with one attached hydrogen (secondary N) is 2. The number of rotatable bonds is 5. The number of carbonyl (C=O) groups is 1. The quantitative estimate of drug-likeness (QED) is 0.730. The van der Waals surface area contributed by atoms with Gasteiger partial charge in [0.15, 0.2) is 0 Å². The number of hydrogen-bond donors (Lipinski definition) is 2. The number of anilines is 1. The Morgan fingerprint density at radius 2 is 2.00 bits per heavy atom. The Labute approximate surface area is 165 Å². The van der Waals surface area contributed by atoms with Crippen molar-refractivity contribution in [3.05, 3.63) is 61.4 Å². The summed E-state index contributed by atoms with van der Waals surface area (Å²) in [6, 6.07) is 5.17. The molecule has 0 fully saturated rings. The summed E-state index contributed by atoms with van der Waals surface area (Å²) < 4.78 is 17.5. The minimum absolute atomic E-state index is 0.0513. The highest BCUT2D eigenvalue weighted by atomic mass is 16.5. The first kappa shape index (κ1) is 18.9. The summed E-state index contributed by atoms with van der Waals surface area (Å²) >= 11 is 0. The van der Waals surface area contributed by atoms with Crippen LogP contribution in [0.4, 0.5) is 5.82 Å². The molecule has 29 heavy (non-hydrogen) atoms. The average Bonchev–Trinajstić information content (AvgIpc) is 3.09. The number of benzene rings is 1. The molecule has 2 aliphatic heterocycles. The van der Waals surface area contributed by atoms with Crippen molar-refractivity contribution >= 4 is 11.8 Å². The van der Waals surface area contributed by atoms with Gasteiger partial charge in [0.1, 0.15) is 23.9 Å². The van der Waals surface area contributed by atoms with Gasteiger partial charge in [-0.3, -0.25) is 14.3 Å². The normalized spacial score (nSPS) is 17.3. The van der Waals surface area contributed by atoms with E-state index < -0.39 is 23.1 Å². The SMILES string of the molecule is CCCn1c2c(c(=O)[nH]c1=O)[C@@H](c1ccc(OC)cc1OC)C1=C(COC1=O)N2. The number of aromatic amines is 1. The summed E-state index contributed by atoms with van der Waals surface area (Å²) in [6.45, 7) is 2.40. The summed E-state index contributed by atoms with van der Waals surface area (Å²) in [5, 5.41) is 3.10. The number of esters is 1. The third-order valence-corrected chi connectivity index (χ3v) is 5.17. The fourth-order valence-electron chi connectivity index (χ4n) is 3.89. The van der Waals surface area contributed by atoms with Crippen LogP contribution in [-0.2, 0) is 16.1 Å². The van der Waals surface area contributed by atoms with Gasteiger partial charge in [-0.1, -0.05) is 13.0 Å². The Morgan fingerprint density at radius 1 is 1.21 bits per heavy atom. The molecule has 0 aliphatic carbocycles. The van der Waals surface area contributed by atoms with Gasteiger partial charge in [-0.2, -0.15) is 0 Å². The van der Waals surface area contributed by atoms with Gasteiger partial charge in [0, 0.05) is 18.2 Å². The molecule has 4 rings (SSSR count). The highest BCUT2D eigenvalue weighted by Gasteiger charge is 2.42. The molecule has 0 saturated heterocycles. The number of hydrogen-bond acceptors (Lipinski definition) is 7. The molecule has 1 aromatic carbocycles. The molecule has 3 heterocycles. The van der Waals surface area contributed by atoms with E-state index in [1.807, 2.05) is 6.92 Å². The summed E-state index contributed by atoms with van der Waals surface area (Å²) in [7, 11) is 3.04. The maximum absolute atomic E-state index is 12.9. The highest BCUT2D eigenvalue weighted by molar-refractivity contribution is 5.97. The molecule has 152 valence electrons. The van der Waals surface area contributed by atoms with E-state index in [0.717, 1.165) is 0 Å². The molecule has 2 aromatic rings. The van der Waals surface area contributed by atoms with E-state index in [2.05, 4.69) is 10.3 Å². The zero-order valence-electron chi connectivity index (χ0n) is 16.3. The number of nitrogens with zero attached hydrogens (tertiary/aromatic N) is 1. The van der Waals surface area contributed by atoms with E-state index in [4.69, 9.17) is 14.2 Å². The number of cyclic esters (lactones) is 1. The molecular weight excluding hydrogens is 378 g/mol. The van der Waals surface area contributed by atoms with Crippen LogP contribution in [0.5, 0.6) is 11.5 Å². The van der Waals surface area contributed by atoms with Crippen LogP contribution in [0, 0.1) is 0 Å². The number of methoxy groups -OCH3 is 2. The molecule has 0 bridgehead atoms. The molecule has 9 heteroatoms. The number of ether oxygens (including phenoxy) is 3. The van der Waals surface area contributed by atoms with Crippen LogP contribution < -0.4 is 26.0 Å². The Morgan fingerprint density at radius 3 is 2.69 bits per heavy atom. The minimum Gasteiger partial charge on any atom is -0.497 e. The van der Waals surface area contributed by atoms with Crippen LogP contribution in [0.2, 0.25) is 0 Å². The van der Waals surface area contributed by atoms with Crippen molar-refractivity contribution in [2.45, 2.75) is 25.8 Å². The smallest absolute Gasteiger partial charge is 0.337 e. The summed E-state index contributed by atoms with van der Waals surface area (Å²) in [6.07, 6.45) is 0.692. The molecule has 0 unspecified atom stereocenters. The molecule has 2 N–H and O–H groups in total. The lowest BCUT2D eigenvalue weighted by molar-refractivity contribution is -0.136. The van der Waals surface area contributed by atoms with Crippen molar-refractivity contribution in [2.24, 2.45) is 0 Å². The fourth-order valence-corrected chi connectivity index (χ4v) is 3.89. The van der Waals surface area contributed by atoms with E-state index in [-0.39, 0.29) is 12.2 Å². The fraction of sp³-hybridized carbons (Fsp3) is 0.350. The van der Waals surface area contributed by atoms with Crippen molar-refractivity contribution in [3.63, 3.8) is 0 Å². The highest BCUT2D eigenvalue weighted by Crippen LogP contribution is 2.45. The van der Waals surface area contributed by atoms with E-state index in [1.54, 1.807) is 18.2 Å². The molecule has 0 radical (unpaired) electrons. The molecule has 0 saturated carbocycles. The van der Waals surface area contributed by atoms with Crippen molar-refractivity contribution in [1.82, 2.24) is 9.55 Å². The summed E-state index contributed by atoms with van der Waals surface area (Å²) in [4.78, 5) is 40.2. The Balaban J connectivity index is 2.04. The molecular formula is C20H21N3O6. The van der Waals surface area contributed by atoms with Crippen LogP contribution in [0.25, 0.3) is 0 Å². The molecule has 1 aromatic heterocycles. The Hall–Kier alpha value is -3.49. The zero-order chi connectivity index (χ0) is 20.7. The van der Waals surface area contributed by atoms with E-state index in [0.29, 0.717) is 47.1 Å². The van der Waals surface area contributed by atoms with Crippen LogP contribution in [0.3, 0.4) is 0 Å². The monoisotopic (exact) mass is 399 g/mol. The Kier molecular flexibility index (Phi) is 4.65. The van der Waals surface area contributed by atoms with Gasteiger partial charge in [0.2, 0.25) is 0 Å². The van der Waals surface area contributed by atoms with Crippen molar-refractivity contribution in [2.75, 3.05) is 26.1 Å². The predicted octanol–water partition coefficient (Wildman–Crippen LogP) is 1.33. The van der Waals surface area contributed by atoms with Gasteiger partial charge in [-0.25, -0.2) is 9.59 Å². The summed E-state index contributed by atoms with van der Waals surface area (Å²) in [5.74, 6) is 0.160. The molecule has 2 aliphatic rings. The molecule has 0 amide bonds. The van der Waals surface area contributed by atoms with Gasteiger partial charge in [0.05, 0.1) is 37.0 Å². The largest absolute Gasteiger partial charge is 0.497 e. The van der Waals surface area contributed by atoms with Crippen LogP contribution >= 0.6 is 0 Å². The standard InChI is InChI=1S/C20H21N3O6/c1-4-7-23-17-16(18(24)22-20(23)26)14(15-12(21-17)9-29-19(15)25)11-6-5-10(27-2)8-13(11)28-3/h5-6,8,14,21H,4,7,9H2,1-3H3,(H,22,24,26)/t14-/m0/s1. The summed E-state index contributed by atoms with van der Waals surface area (Å²) in [5.41, 5.74) is 0.707. The van der Waals surface area contributed by atoms with Crippen molar-refractivity contribution < 1.29 is 19.0 Å². The van der Waals surface area contributed by atoms with E-state index in [1.165, 1.54) is 18.8 Å². The lowest BCUT2D eigenvalue weighted by atomic mass is 9.82. The van der Waals surface area contributed by atoms with Crippen molar-refractivity contribution in [3.8, 4) is 11.5 Å². The second-order valence-corrected chi connectivity index (χ2v) is 6.81. The lowest BCUT2D eigenvalue weighted by Crippen LogP contribution is -2.38. The maximum Gasteiger partial charge on any atom is 0.337 e. The van der Waals surface area contributed by atoms with Crippen molar-refractivity contribution in [1.29, 1.82) is 0 Å². The van der Waals surface area contributed by atoms with Gasteiger partial charge in [-0.15, -0.1) is 0 Å².